The lowest BCUT2D eigenvalue weighted by Gasteiger charge is -2.15. The summed E-state index contributed by atoms with van der Waals surface area (Å²) in [5.41, 5.74) is 0.128. The zero-order valence-corrected chi connectivity index (χ0v) is 6.00. The monoisotopic (exact) mass is 111 g/mol. The standard InChI is InChI=1S/C7H13N/c1-5-6-8-7(2,3)4/h8H,1-4H3. The zero-order valence-electron chi connectivity index (χ0n) is 6.00. The third-order valence-electron chi connectivity index (χ3n) is 0.562. The lowest BCUT2D eigenvalue weighted by molar-refractivity contribution is 0.502. The summed E-state index contributed by atoms with van der Waals surface area (Å²) in [4.78, 5) is 0. The van der Waals surface area contributed by atoms with Crippen LogP contribution in [0, 0.1) is 12.0 Å². The molecule has 0 unspecified atom stereocenters. The summed E-state index contributed by atoms with van der Waals surface area (Å²) < 4.78 is 0. The van der Waals surface area contributed by atoms with E-state index in [0.29, 0.717) is 0 Å². The maximum absolute atomic E-state index is 3.01. The Labute approximate surface area is 51.5 Å². The highest BCUT2D eigenvalue weighted by molar-refractivity contribution is 4.96. The minimum Gasteiger partial charge on any atom is -0.341 e. The van der Waals surface area contributed by atoms with Crippen molar-refractivity contribution in [3.63, 3.8) is 0 Å². The van der Waals surface area contributed by atoms with Crippen LogP contribution in [0.1, 0.15) is 27.7 Å². The van der Waals surface area contributed by atoms with E-state index < -0.39 is 0 Å². The summed E-state index contributed by atoms with van der Waals surface area (Å²) in [5.74, 6) is 2.76. The highest BCUT2D eigenvalue weighted by Gasteiger charge is 2.03. The highest BCUT2D eigenvalue weighted by Crippen LogP contribution is 1.95. The van der Waals surface area contributed by atoms with E-state index in [1.807, 2.05) is 6.92 Å². The lowest BCUT2D eigenvalue weighted by Crippen LogP contribution is -2.31. The molecule has 0 aliphatic carbocycles. The van der Waals surface area contributed by atoms with Crippen LogP contribution in [0.2, 0.25) is 0 Å². The Morgan fingerprint density at radius 1 is 1.25 bits per heavy atom. The van der Waals surface area contributed by atoms with Gasteiger partial charge in [0.2, 0.25) is 0 Å². The van der Waals surface area contributed by atoms with Crippen LogP contribution in [0.25, 0.3) is 0 Å². The summed E-state index contributed by atoms with van der Waals surface area (Å²) in [5, 5.41) is 3.01. The molecule has 1 nitrogen and oxygen atoms in total. The number of rotatable bonds is 0. The fourth-order valence-electron chi connectivity index (χ4n) is 0.250. The Bertz CT molecular complexity index is 109. The maximum Gasteiger partial charge on any atom is 0.0365 e. The average molecular weight is 111 g/mol. The van der Waals surface area contributed by atoms with E-state index in [1.165, 1.54) is 0 Å². The van der Waals surface area contributed by atoms with Crippen LogP contribution in [0.5, 0.6) is 0 Å². The molecule has 8 heavy (non-hydrogen) atoms. The Morgan fingerprint density at radius 3 is 1.88 bits per heavy atom. The molecule has 0 saturated heterocycles. The predicted octanol–water partition coefficient (Wildman–Crippen LogP) is 1.36. The minimum atomic E-state index is 0.128. The summed E-state index contributed by atoms with van der Waals surface area (Å²) in [7, 11) is 0. The van der Waals surface area contributed by atoms with Crippen molar-refractivity contribution in [3.05, 3.63) is 0 Å². The fourth-order valence-corrected chi connectivity index (χ4v) is 0.250. The van der Waals surface area contributed by atoms with Gasteiger partial charge in [-0.15, -0.1) is 0 Å². The van der Waals surface area contributed by atoms with Gasteiger partial charge in [0, 0.05) is 11.6 Å². The van der Waals surface area contributed by atoms with E-state index in [-0.39, 0.29) is 5.54 Å². The van der Waals surface area contributed by atoms with Gasteiger partial charge in [0.15, 0.2) is 0 Å². The Kier molecular flexibility index (Phi) is 2.41. The van der Waals surface area contributed by atoms with Crippen molar-refractivity contribution in [2.75, 3.05) is 0 Å². The second-order valence-electron chi connectivity index (χ2n) is 2.75. The second-order valence-corrected chi connectivity index (χ2v) is 2.75. The summed E-state index contributed by atoms with van der Waals surface area (Å²) in [6.45, 7) is 8.06. The minimum absolute atomic E-state index is 0.128. The molecule has 0 aliphatic rings. The molecule has 0 rings (SSSR count). The van der Waals surface area contributed by atoms with Crippen LogP contribution in [-0.4, -0.2) is 5.54 Å². The number of hydrogen-bond donors (Lipinski definition) is 1. The molecule has 0 bridgehead atoms. The summed E-state index contributed by atoms with van der Waals surface area (Å²) in [6, 6.07) is 2.79. The molecule has 0 aromatic carbocycles. The average Bonchev–Trinajstić information content (AvgIpc) is 1.59. The van der Waals surface area contributed by atoms with Gasteiger partial charge in [-0.1, -0.05) is 5.92 Å². The third-order valence-corrected chi connectivity index (χ3v) is 0.562. The van der Waals surface area contributed by atoms with E-state index in [0.717, 1.165) is 0 Å². The van der Waals surface area contributed by atoms with Crippen LogP contribution in [0.3, 0.4) is 0 Å². The Balaban J connectivity index is 3.50. The van der Waals surface area contributed by atoms with Crippen molar-refractivity contribution in [3.8, 4) is 12.0 Å². The first-order valence-electron chi connectivity index (χ1n) is 2.75. The van der Waals surface area contributed by atoms with Crippen molar-refractivity contribution in [1.82, 2.24) is 5.32 Å². The third kappa shape index (κ3) is 5.36. The molecule has 0 fully saturated rings. The van der Waals surface area contributed by atoms with Gasteiger partial charge in [0.05, 0.1) is 0 Å². The smallest absolute Gasteiger partial charge is 0.0365 e. The predicted molar refractivity (Wildman–Crippen MR) is 36.3 cm³/mol. The Morgan fingerprint density at radius 2 is 1.75 bits per heavy atom. The summed E-state index contributed by atoms with van der Waals surface area (Å²) in [6.07, 6.45) is 0. The molecule has 1 N–H and O–H groups in total. The lowest BCUT2D eigenvalue weighted by atomic mass is 10.1. The van der Waals surface area contributed by atoms with E-state index in [9.17, 15) is 0 Å². The molecule has 0 radical (unpaired) electrons. The SMILES string of the molecule is CC#CNC(C)(C)C. The fraction of sp³-hybridized carbons (Fsp3) is 0.714. The van der Waals surface area contributed by atoms with Gasteiger partial charge in [0.1, 0.15) is 0 Å². The first-order valence-corrected chi connectivity index (χ1v) is 2.75. The second kappa shape index (κ2) is 2.61. The molecule has 0 atom stereocenters. The zero-order chi connectivity index (χ0) is 6.62. The molecular weight excluding hydrogens is 98.1 g/mol. The van der Waals surface area contributed by atoms with Gasteiger partial charge in [-0.2, -0.15) is 0 Å². The van der Waals surface area contributed by atoms with Crippen molar-refractivity contribution in [2.24, 2.45) is 0 Å². The van der Waals surface area contributed by atoms with E-state index in [2.05, 4.69) is 38.1 Å². The van der Waals surface area contributed by atoms with Crippen LogP contribution < -0.4 is 5.32 Å². The van der Waals surface area contributed by atoms with Crippen LogP contribution >= 0.6 is 0 Å². The van der Waals surface area contributed by atoms with Gasteiger partial charge in [0.25, 0.3) is 0 Å². The first kappa shape index (κ1) is 7.36. The quantitative estimate of drug-likeness (QED) is 0.367. The largest absolute Gasteiger partial charge is 0.341 e. The molecule has 0 aliphatic heterocycles. The topological polar surface area (TPSA) is 12.0 Å². The molecule has 46 valence electrons. The van der Waals surface area contributed by atoms with Gasteiger partial charge < -0.3 is 5.32 Å². The molecular formula is C7H13N. The van der Waals surface area contributed by atoms with Crippen LogP contribution in [0.15, 0.2) is 0 Å². The van der Waals surface area contributed by atoms with Gasteiger partial charge in [-0.05, 0) is 27.7 Å². The molecule has 0 saturated carbocycles. The van der Waals surface area contributed by atoms with Crippen LogP contribution in [0.4, 0.5) is 0 Å². The number of nitrogens with one attached hydrogen (secondary N) is 1. The maximum atomic E-state index is 3.01. The van der Waals surface area contributed by atoms with Crippen molar-refractivity contribution < 1.29 is 0 Å². The van der Waals surface area contributed by atoms with Gasteiger partial charge in [-0.25, -0.2) is 0 Å². The summed E-state index contributed by atoms with van der Waals surface area (Å²) >= 11 is 0. The first-order chi connectivity index (χ1) is 3.56. The highest BCUT2D eigenvalue weighted by atomic mass is 14.9. The van der Waals surface area contributed by atoms with E-state index >= 15 is 0 Å². The van der Waals surface area contributed by atoms with Gasteiger partial charge in [-0.3, -0.25) is 0 Å². The molecule has 0 spiro atoms. The van der Waals surface area contributed by atoms with Crippen LogP contribution in [-0.2, 0) is 0 Å². The molecule has 0 heterocycles. The Hall–Kier alpha value is -0.640. The molecule has 1 heteroatoms. The molecule has 0 aromatic heterocycles. The molecule has 0 amide bonds. The number of hydrogen-bond acceptors (Lipinski definition) is 1. The van der Waals surface area contributed by atoms with Crippen molar-refractivity contribution >= 4 is 0 Å². The van der Waals surface area contributed by atoms with Crippen molar-refractivity contribution in [1.29, 1.82) is 0 Å². The normalized spacial score (nSPS) is 9.50. The van der Waals surface area contributed by atoms with Crippen molar-refractivity contribution in [2.45, 2.75) is 33.2 Å². The van der Waals surface area contributed by atoms with E-state index in [1.54, 1.807) is 0 Å². The van der Waals surface area contributed by atoms with Gasteiger partial charge >= 0.3 is 0 Å². The molecule has 0 aromatic rings. The van der Waals surface area contributed by atoms with E-state index in [4.69, 9.17) is 0 Å².